The van der Waals surface area contributed by atoms with E-state index in [1.807, 2.05) is 4.90 Å². The number of aryl methyl sites for hydroxylation is 1. The van der Waals surface area contributed by atoms with Crippen LogP contribution in [0.4, 0.5) is 27.1 Å². The Morgan fingerprint density at radius 1 is 1.14 bits per heavy atom. The van der Waals surface area contributed by atoms with Crippen molar-refractivity contribution in [2.45, 2.75) is 13.3 Å². The summed E-state index contributed by atoms with van der Waals surface area (Å²) in [6.45, 7) is 3.46. The first-order chi connectivity index (χ1) is 21.2. The van der Waals surface area contributed by atoms with Crippen molar-refractivity contribution in [2.75, 3.05) is 54.0 Å². The molecule has 0 aliphatic carbocycles. The van der Waals surface area contributed by atoms with E-state index in [-0.39, 0.29) is 40.6 Å². The molecule has 1 aromatic heterocycles. The molecule has 3 aromatic carbocycles. The Morgan fingerprint density at radius 3 is 2.59 bits per heavy atom. The second kappa shape index (κ2) is 13.2. The Labute approximate surface area is 256 Å². The number of rotatable bonds is 11. The van der Waals surface area contributed by atoms with E-state index in [0.29, 0.717) is 34.1 Å². The summed E-state index contributed by atoms with van der Waals surface area (Å²) in [6, 6.07) is 13.8. The molecule has 0 spiro atoms. The molecule has 0 saturated carbocycles. The zero-order chi connectivity index (χ0) is 31.4. The lowest BCUT2D eigenvalue weighted by Crippen LogP contribution is -2.37. The zero-order valence-corrected chi connectivity index (χ0v) is 24.6. The van der Waals surface area contributed by atoms with E-state index in [2.05, 4.69) is 21.1 Å². The van der Waals surface area contributed by atoms with Gasteiger partial charge in [0.2, 0.25) is 0 Å². The molecular weight excluding hydrogens is 595 g/mol. The number of amides is 2. The SMILES string of the molecule is COc1ccccc1-c1noc(C)c1C(=O)NCCNc1cc(NC(=O)c2ccc(N3CCC3)c(F)c2)c(N([O-])O)cc1Cl. The van der Waals surface area contributed by atoms with Gasteiger partial charge in [0, 0.05) is 37.3 Å². The number of methoxy groups -OCH3 is 1. The fraction of sp³-hybridized carbons (Fsp3) is 0.233. The number of benzene rings is 3. The van der Waals surface area contributed by atoms with E-state index >= 15 is 0 Å². The van der Waals surface area contributed by atoms with Gasteiger partial charge in [-0.15, -0.1) is 0 Å². The number of nitrogens with zero attached hydrogens (tertiary/aromatic N) is 3. The van der Waals surface area contributed by atoms with E-state index in [1.165, 1.54) is 31.4 Å². The zero-order valence-electron chi connectivity index (χ0n) is 23.8. The molecule has 14 heteroatoms. The largest absolute Gasteiger partial charge is 0.733 e. The maximum atomic E-state index is 14.6. The minimum atomic E-state index is -0.697. The monoisotopic (exact) mass is 623 g/mol. The van der Waals surface area contributed by atoms with E-state index in [1.54, 1.807) is 31.2 Å². The van der Waals surface area contributed by atoms with E-state index < -0.39 is 22.9 Å². The Bertz CT molecular complexity index is 1690. The number of para-hydroxylation sites is 1. The molecule has 2 heterocycles. The summed E-state index contributed by atoms with van der Waals surface area (Å²) in [5.74, 6) is -0.794. The number of hydrogen-bond donors (Lipinski definition) is 4. The van der Waals surface area contributed by atoms with Crippen molar-refractivity contribution >= 4 is 46.2 Å². The number of nitrogens with one attached hydrogen (secondary N) is 3. The number of aromatic nitrogens is 1. The Kier molecular flexibility index (Phi) is 9.18. The van der Waals surface area contributed by atoms with Gasteiger partial charge in [0.15, 0.2) is 0 Å². The Hall–Kier alpha value is -4.85. The number of halogens is 2. The number of carbonyl (C=O) groups excluding carboxylic acids is 2. The molecule has 230 valence electrons. The fourth-order valence-electron chi connectivity index (χ4n) is 4.74. The standard InChI is InChI=1S/C30H29ClFN6O6/c1-17-27(28(36-44-17)19-6-3-4-7-26(19)43-2)30(40)34-11-10-33-22-16-23(25(38(41)42)15-20(22)31)35-29(39)18-8-9-24(21(32)14-18)37-12-5-13-37/h3-4,6-9,14-16,33,41H,5,10-13H2,1-2H3,(H,34,40)(H,35,39)/q-1. The van der Waals surface area contributed by atoms with Gasteiger partial charge in [0.1, 0.15) is 28.6 Å². The summed E-state index contributed by atoms with van der Waals surface area (Å²) in [4.78, 5) is 27.9. The number of carbonyl (C=O) groups is 2. The van der Waals surface area contributed by atoms with Crippen molar-refractivity contribution < 1.29 is 28.4 Å². The highest BCUT2D eigenvalue weighted by Crippen LogP contribution is 2.36. The second-order valence-electron chi connectivity index (χ2n) is 9.93. The minimum Gasteiger partial charge on any atom is -0.733 e. The van der Waals surface area contributed by atoms with Crippen molar-refractivity contribution in [2.24, 2.45) is 0 Å². The maximum Gasteiger partial charge on any atom is 0.257 e. The molecule has 2 amide bonds. The summed E-state index contributed by atoms with van der Waals surface area (Å²) in [5.41, 5.74) is 1.54. The molecular formula is C30H29ClFN6O6-. The minimum absolute atomic E-state index is 0.0248. The van der Waals surface area contributed by atoms with Gasteiger partial charge in [0.25, 0.3) is 11.8 Å². The quantitative estimate of drug-likeness (QED) is 0.125. The molecule has 4 aromatic rings. The molecule has 0 atom stereocenters. The topological polar surface area (TPSA) is 155 Å². The molecule has 1 aliphatic heterocycles. The lowest BCUT2D eigenvalue weighted by Gasteiger charge is -2.33. The average molecular weight is 624 g/mol. The van der Waals surface area contributed by atoms with E-state index in [9.17, 15) is 24.4 Å². The lowest BCUT2D eigenvalue weighted by molar-refractivity contribution is 0.0953. The third-order valence-electron chi connectivity index (χ3n) is 7.12. The summed E-state index contributed by atoms with van der Waals surface area (Å²) in [5, 5.41) is 33.5. The Balaban J connectivity index is 1.25. The molecule has 1 saturated heterocycles. The van der Waals surface area contributed by atoms with Gasteiger partial charge < -0.3 is 40.5 Å². The van der Waals surface area contributed by atoms with Gasteiger partial charge in [-0.3, -0.25) is 14.8 Å². The number of ether oxygens (including phenoxy) is 1. The van der Waals surface area contributed by atoms with Crippen LogP contribution in [-0.2, 0) is 0 Å². The van der Waals surface area contributed by atoms with Crippen molar-refractivity contribution in [3.63, 3.8) is 0 Å². The molecule has 1 fully saturated rings. The number of anilines is 4. The van der Waals surface area contributed by atoms with Crippen LogP contribution in [0.2, 0.25) is 5.02 Å². The van der Waals surface area contributed by atoms with Crippen LogP contribution in [0, 0.1) is 17.9 Å². The molecule has 0 unspecified atom stereocenters. The van der Waals surface area contributed by atoms with Gasteiger partial charge in [-0.2, -0.15) is 0 Å². The normalized spacial score (nSPS) is 12.4. The van der Waals surface area contributed by atoms with Crippen LogP contribution in [0.15, 0.2) is 59.1 Å². The van der Waals surface area contributed by atoms with Crippen molar-refractivity contribution in [1.29, 1.82) is 0 Å². The molecule has 5 rings (SSSR count). The third kappa shape index (κ3) is 6.39. The summed E-state index contributed by atoms with van der Waals surface area (Å²) in [7, 11) is 1.52. The first kappa shape index (κ1) is 30.6. The van der Waals surface area contributed by atoms with Gasteiger partial charge in [0.05, 0.1) is 34.9 Å². The highest BCUT2D eigenvalue weighted by Gasteiger charge is 2.24. The van der Waals surface area contributed by atoms with Crippen molar-refractivity contribution in [3.8, 4) is 17.0 Å². The molecule has 4 N–H and O–H groups in total. The Morgan fingerprint density at radius 2 is 1.91 bits per heavy atom. The first-order valence-corrected chi connectivity index (χ1v) is 14.0. The lowest BCUT2D eigenvalue weighted by atomic mass is 10.0. The van der Waals surface area contributed by atoms with Crippen LogP contribution in [0.3, 0.4) is 0 Å². The molecule has 1 aliphatic rings. The van der Waals surface area contributed by atoms with Crippen molar-refractivity contribution in [1.82, 2.24) is 10.5 Å². The van der Waals surface area contributed by atoms with Crippen LogP contribution in [0.5, 0.6) is 5.75 Å². The van der Waals surface area contributed by atoms with E-state index in [0.717, 1.165) is 25.6 Å². The van der Waals surface area contributed by atoms with Gasteiger partial charge in [-0.25, -0.2) is 4.39 Å². The van der Waals surface area contributed by atoms with Gasteiger partial charge >= 0.3 is 0 Å². The van der Waals surface area contributed by atoms with Gasteiger partial charge in [-0.05, 0) is 55.8 Å². The molecule has 0 radical (unpaired) electrons. The molecule has 12 nitrogen and oxygen atoms in total. The maximum absolute atomic E-state index is 14.6. The highest BCUT2D eigenvalue weighted by atomic mass is 35.5. The van der Waals surface area contributed by atoms with Crippen LogP contribution < -0.4 is 30.8 Å². The van der Waals surface area contributed by atoms with Crippen LogP contribution in [0.25, 0.3) is 11.3 Å². The van der Waals surface area contributed by atoms with Crippen LogP contribution in [-0.4, -0.2) is 55.5 Å². The van der Waals surface area contributed by atoms with Crippen LogP contribution in [0.1, 0.15) is 32.9 Å². The summed E-state index contributed by atoms with van der Waals surface area (Å²) < 4.78 is 25.3. The number of hydrogen-bond acceptors (Lipinski definition) is 10. The fourth-order valence-corrected chi connectivity index (χ4v) is 4.96. The second-order valence-corrected chi connectivity index (χ2v) is 10.3. The van der Waals surface area contributed by atoms with Crippen molar-refractivity contribution in [3.05, 3.63) is 87.5 Å². The predicted molar refractivity (Wildman–Crippen MR) is 164 cm³/mol. The van der Waals surface area contributed by atoms with E-state index in [4.69, 9.17) is 20.9 Å². The molecule has 44 heavy (non-hydrogen) atoms. The predicted octanol–water partition coefficient (Wildman–Crippen LogP) is 5.45. The summed E-state index contributed by atoms with van der Waals surface area (Å²) >= 11 is 6.32. The highest BCUT2D eigenvalue weighted by molar-refractivity contribution is 6.34. The average Bonchev–Trinajstić information content (AvgIpc) is 3.37. The molecule has 0 bridgehead atoms. The smallest absolute Gasteiger partial charge is 0.257 e. The first-order valence-electron chi connectivity index (χ1n) is 13.6. The third-order valence-corrected chi connectivity index (χ3v) is 7.44. The summed E-state index contributed by atoms with van der Waals surface area (Å²) in [6.07, 6.45) is 0.975. The van der Waals surface area contributed by atoms with Gasteiger partial charge in [-0.1, -0.05) is 28.9 Å². The van der Waals surface area contributed by atoms with Crippen LogP contribution >= 0.6 is 11.6 Å².